The molecular weight excluding hydrogens is 334 g/mol. The molecule has 0 bridgehead atoms. The van der Waals surface area contributed by atoms with E-state index in [4.69, 9.17) is 11.6 Å². The number of hydrogen-bond acceptors (Lipinski definition) is 5. The molecule has 1 amide bonds. The smallest absolute Gasteiger partial charge is 0.258 e. The van der Waals surface area contributed by atoms with Gasteiger partial charge < -0.3 is 0 Å². The van der Waals surface area contributed by atoms with Crippen LogP contribution in [0.25, 0.3) is 0 Å². The van der Waals surface area contributed by atoms with Gasteiger partial charge in [0.15, 0.2) is 0 Å². The molecule has 2 rings (SSSR count). The van der Waals surface area contributed by atoms with Crippen LogP contribution in [0, 0.1) is 6.92 Å². The number of hydrazine groups is 1. The van der Waals surface area contributed by atoms with Crippen molar-refractivity contribution in [2.75, 3.05) is 0 Å². The van der Waals surface area contributed by atoms with Crippen LogP contribution in [0.3, 0.4) is 0 Å². The number of aromatic nitrogens is 1. The lowest BCUT2D eigenvalue weighted by molar-refractivity contribution is -0.120. The number of benzene rings is 1. The molecule has 1 aromatic heterocycles. The van der Waals surface area contributed by atoms with E-state index >= 15 is 0 Å². The van der Waals surface area contributed by atoms with Crippen LogP contribution in [0.5, 0.6) is 0 Å². The molecule has 21 heavy (non-hydrogen) atoms. The van der Waals surface area contributed by atoms with Crippen molar-refractivity contribution in [2.45, 2.75) is 18.2 Å². The molecule has 6 nitrogen and oxygen atoms in total. The molecular formula is C12H12ClN3O3S2. The number of amides is 1. The van der Waals surface area contributed by atoms with E-state index in [1.807, 2.05) is 11.8 Å². The van der Waals surface area contributed by atoms with Crippen LogP contribution in [-0.2, 0) is 21.2 Å². The van der Waals surface area contributed by atoms with E-state index < -0.39 is 15.9 Å². The molecule has 0 aliphatic heterocycles. The number of carbonyl (C=O) groups excluding carboxylic acids is 1. The van der Waals surface area contributed by atoms with Gasteiger partial charge in [0.05, 0.1) is 22.1 Å². The molecule has 0 radical (unpaired) electrons. The molecule has 112 valence electrons. The molecule has 0 aliphatic rings. The molecule has 0 fully saturated rings. The summed E-state index contributed by atoms with van der Waals surface area (Å²) in [6, 6.07) is 5.96. The number of aryl methyl sites for hydroxylation is 1. The number of nitrogens with one attached hydrogen (secondary N) is 2. The molecule has 9 heteroatoms. The average Bonchev–Trinajstić information content (AvgIpc) is 2.82. The van der Waals surface area contributed by atoms with Crippen molar-refractivity contribution in [3.05, 3.63) is 45.4 Å². The predicted octanol–water partition coefficient (Wildman–Crippen LogP) is 1.66. The van der Waals surface area contributed by atoms with Crippen LogP contribution in [0.1, 0.15) is 10.7 Å². The third kappa shape index (κ3) is 4.24. The second-order valence-corrected chi connectivity index (χ2v) is 7.24. The van der Waals surface area contributed by atoms with Crippen LogP contribution < -0.4 is 10.3 Å². The lowest BCUT2D eigenvalue weighted by Gasteiger charge is -2.09. The van der Waals surface area contributed by atoms with Crippen LogP contribution >= 0.6 is 22.9 Å². The third-order valence-corrected chi connectivity index (χ3v) is 5.03. The molecule has 1 aromatic carbocycles. The molecule has 2 aromatic rings. The second kappa shape index (κ2) is 6.52. The zero-order valence-electron chi connectivity index (χ0n) is 11.0. The van der Waals surface area contributed by atoms with Gasteiger partial charge in [-0.15, -0.1) is 16.2 Å². The summed E-state index contributed by atoms with van der Waals surface area (Å²) in [5.74, 6) is -0.504. The first-order chi connectivity index (χ1) is 9.88. The maximum Gasteiger partial charge on any atom is 0.258 e. The molecule has 0 saturated carbocycles. The summed E-state index contributed by atoms with van der Waals surface area (Å²) in [6.45, 7) is 1.83. The third-order valence-electron chi connectivity index (χ3n) is 2.46. The van der Waals surface area contributed by atoms with Gasteiger partial charge >= 0.3 is 0 Å². The molecule has 0 aliphatic carbocycles. The minimum Gasteiger partial charge on any atom is -0.277 e. The number of rotatable bonds is 5. The van der Waals surface area contributed by atoms with Gasteiger partial charge in [-0.3, -0.25) is 10.2 Å². The average molecular weight is 346 g/mol. The Kier molecular flexibility index (Phi) is 4.94. The summed E-state index contributed by atoms with van der Waals surface area (Å²) in [6.07, 6.45) is -0.00458. The fourth-order valence-corrected chi connectivity index (χ4v) is 3.53. The van der Waals surface area contributed by atoms with Crippen molar-refractivity contribution in [3.8, 4) is 0 Å². The Bertz CT molecular complexity index is 759. The lowest BCUT2D eigenvalue weighted by Crippen LogP contribution is -2.42. The van der Waals surface area contributed by atoms with Crippen molar-refractivity contribution < 1.29 is 13.2 Å². The zero-order valence-corrected chi connectivity index (χ0v) is 13.3. The van der Waals surface area contributed by atoms with Gasteiger partial charge in [-0.1, -0.05) is 23.7 Å². The number of sulfonamides is 1. The summed E-state index contributed by atoms with van der Waals surface area (Å²) in [5.41, 5.74) is 2.73. The highest BCUT2D eigenvalue weighted by Crippen LogP contribution is 2.19. The second-order valence-electron chi connectivity index (χ2n) is 4.12. The fraction of sp³-hybridized carbons (Fsp3) is 0.167. The van der Waals surface area contributed by atoms with Crippen LogP contribution in [0.2, 0.25) is 5.02 Å². The minimum atomic E-state index is -3.90. The van der Waals surface area contributed by atoms with Crippen LogP contribution in [-0.4, -0.2) is 19.3 Å². The van der Waals surface area contributed by atoms with E-state index in [9.17, 15) is 13.2 Å². The van der Waals surface area contributed by atoms with E-state index in [0.29, 0.717) is 5.69 Å². The van der Waals surface area contributed by atoms with Crippen LogP contribution in [0.4, 0.5) is 0 Å². The molecule has 1 heterocycles. The van der Waals surface area contributed by atoms with Gasteiger partial charge in [0, 0.05) is 5.38 Å². The molecule has 0 spiro atoms. The van der Waals surface area contributed by atoms with Gasteiger partial charge in [0.25, 0.3) is 10.0 Å². The van der Waals surface area contributed by atoms with Crippen molar-refractivity contribution in [1.29, 1.82) is 0 Å². The maximum absolute atomic E-state index is 12.0. The fourth-order valence-electron chi connectivity index (χ4n) is 1.54. The largest absolute Gasteiger partial charge is 0.277 e. The molecule has 2 N–H and O–H groups in total. The Labute approximate surface area is 131 Å². The Balaban J connectivity index is 1.99. The van der Waals surface area contributed by atoms with Gasteiger partial charge in [0.1, 0.15) is 4.90 Å². The first-order valence-corrected chi connectivity index (χ1v) is 8.59. The van der Waals surface area contributed by atoms with E-state index in [2.05, 4.69) is 10.4 Å². The Morgan fingerprint density at radius 1 is 1.38 bits per heavy atom. The van der Waals surface area contributed by atoms with Crippen molar-refractivity contribution in [1.82, 2.24) is 15.2 Å². The van der Waals surface area contributed by atoms with Crippen molar-refractivity contribution in [3.63, 3.8) is 0 Å². The standard InChI is InChI=1S/C12H12ClN3O3S2/c1-8-14-9(7-20-8)6-12(17)15-16-21(18,19)11-5-3-2-4-10(11)13/h2-5,7,16H,6H2,1H3,(H,15,17). The van der Waals surface area contributed by atoms with Gasteiger partial charge in [-0.2, -0.15) is 0 Å². The van der Waals surface area contributed by atoms with Crippen molar-refractivity contribution >= 4 is 38.9 Å². The first-order valence-electron chi connectivity index (χ1n) is 5.84. The van der Waals surface area contributed by atoms with Crippen LogP contribution in [0.15, 0.2) is 34.5 Å². The number of thiazole rings is 1. The monoisotopic (exact) mass is 345 g/mol. The van der Waals surface area contributed by atoms with E-state index in [-0.39, 0.29) is 16.3 Å². The Morgan fingerprint density at radius 2 is 2.10 bits per heavy atom. The first kappa shape index (κ1) is 15.9. The number of nitrogens with zero attached hydrogens (tertiary/aromatic N) is 1. The lowest BCUT2D eigenvalue weighted by atomic mass is 10.3. The number of halogens is 1. The summed E-state index contributed by atoms with van der Waals surface area (Å²) in [7, 11) is -3.90. The Hall–Kier alpha value is -1.48. The Morgan fingerprint density at radius 3 is 2.71 bits per heavy atom. The van der Waals surface area contributed by atoms with Gasteiger partial charge in [-0.05, 0) is 19.1 Å². The SMILES string of the molecule is Cc1nc(CC(=O)NNS(=O)(=O)c2ccccc2Cl)cs1. The summed E-state index contributed by atoms with van der Waals surface area (Å²) < 4.78 is 24.0. The molecule has 0 atom stereocenters. The van der Waals surface area contributed by atoms with E-state index in [0.717, 1.165) is 5.01 Å². The highest BCUT2D eigenvalue weighted by Gasteiger charge is 2.18. The molecule has 0 saturated heterocycles. The zero-order chi connectivity index (χ0) is 15.5. The highest BCUT2D eigenvalue weighted by atomic mass is 35.5. The minimum absolute atomic E-state index is 0.00458. The topological polar surface area (TPSA) is 88.2 Å². The highest BCUT2D eigenvalue weighted by molar-refractivity contribution is 7.89. The molecule has 0 unspecified atom stereocenters. The van der Waals surface area contributed by atoms with E-state index in [1.165, 1.54) is 23.5 Å². The quantitative estimate of drug-likeness (QED) is 0.807. The summed E-state index contributed by atoms with van der Waals surface area (Å²) in [4.78, 5) is 17.7. The van der Waals surface area contributed by atoms with E-state index in [1.54, 1.807) is 17.5 Å². The summed E-state index contributed by atoms with van der Waals surface area (Å²) >= 11 is 7.24. The predicted molar refractivity (Wildman–Crippen MR) is 80.5 cm³/mol. The number of carbonyl (C=O) groups is 1. The number of hydrogen-bond donors (Lipinski definition) is 2. The van der Waals surface area contributed by atoms with Gasteiger partial charge in [-0.25, -0.2) is 13.4 Å². The van der Waals surface area contributed by atoms with Crippen molar-refractivity contribution in [2.24, 2.45) is 0 Å². The maximum atomic E-state index is 12.0. The van der Waals surface area contributed by atoms with Gasteiger partial charge in [0.2, 0.25) is 5.91 Å². The normalized spacial score (nSPS) is 11.3. The summed E-state index contributed by atoms with van der Waals surface area (Å²) in [5, 5.41) is 2.67.